The standard InChI is InChI=1S/C14H10BrF2NO2/c15-13-9(2-1-3-12(13)18)14(19)20-7-8-4-5-10(16)11(17)6-8/h1-6H,7,18H2. The van der Waals surface area contributed by atoms with Crippen LogP contribution < -0.4 is 5.73 Å². The zero-order valence-electron chi connectivity index (χ0n) is 10.2. The van der Waals surface area contributed by atoms with Gasteiger partial charge >= 0.3 is 5.97 Å². The summed E-state index contributed by atoms with van der Waals surface area (Å²) in [4.78, 5) is 11.9. The number of nitrogens with two attached hydrogens (primary N) is 1. The van der Waals surface area contributed by atoms with Crippen molar-refractivity contribution in [2.45, 2.75) is 6.61 Å². The number of carbonyl (C=O) groups excluding carboxylic acids is 1. The van der Waals surface area contributed by atoms with Gasteiger partial charge in [-0.25, -0.2) is 13.6 Å². The van der Waals surface area contributed by atoms with Crippen molar-refractivity contribution >= 4 is 27.6 Å². The van der Waals surface area contributed by atoms with Gasteiger partial charge in [0.15, 0.2) is 11.6 Å². The van der Waals surface area contributed by atoms with Gasteiger partial charge in [-0.1, -0.05) is 12.1 Å². The molecule has 0 aliphatic carbocycles. The van der Waals surface area contributed by atoms with Crippen LogP contribution in [-0.2, 0) is 11.3 Å². The van der Waals surface area contributed by atoms with E-state index >= 15 is 0 Å². The van der Waals surface area contributed by atoms with Crippen molar-refractivity contribution in [2.75, 3.05) is 5.73 Å². The summed E-state index contributed by atoms with van der Waals surface area (Å²) in [6, 6.07) is 8.12. The van der Waals surface area contributed by atoms with Gasteiger partial charge in [-0.2, -0.15) is 0 Å². The van der Waals surface area contributed by atoms with Gasteiger partial charge in [0.1, 0.15) is 6.61 Å². The second kappa shape index (κ2) is 6.00. The zero-order valence-corrected chi connectivity index (χ0v) is 11.8. The predicted molar refractivity (Wildman–Crippen MR) is 74.0 cm³/mol. The number of halogens is 3. The Morgan fingerprint density at radius 2 is 1.95 bits per heavy atom. The summed E-state index contributed by atoms with van der Waals surface area (Å²) >= 11 is 3.19. The molecule has 2 N–H and O–H groups in total. The summed E-state index contributed by atoms with van der Waals surface area (Å²) in [6.45, 7) is -0.155. The number of anilines is 1. The Labute approximate surface area is 122 Å². The largest absolute Gasteiger partial charge is 0.457 e. The lowest BCUT2D eigenvalue weighted by Gasteiger charge is -2.08. The molecule has 2 aromatic carbocycles. The highest BCUT2D eigenvalue weighted by molar-refractivity contribution is 9.10. The third-order valence-corrected chi connectivity index (χ3v) is 3.49. The van der Waals surface area contributed by atoms with Gasteiger partial charge in [-0.3, -0.25) is 0 Å². The summed E-state index contributed by atoms with van der Waals surface area (Å²) in [7, 11) is 0. The maximum absolute atomic E-state index is 13.0. The summed E-state index contributed by atoms with van der Waals surface area (Å²) in [6.07, 6.45) is 0. The van der Waals surface area contributed by atoms with Gasteiger partial charge in [0.25, 0.3) is 0 Å². The van der Waals surface area contributed by atoms with Gasteiger partial charge in [0.2, 0.25) is 0 Å². The molecule has 0 bridgehead atoms. The van der Waals surface area contributed by atoms with E-state index in [-0.39, 0.29) is 12.2 Å². The number of carbonyl (C=O) groups is 1. The predicted octanol–water partition coefficient (Wildman–Crippen LogP) is 3.67. The molecule has 0 radical (unpaired) electrons. The number of nitrogen functional groups attached to an aromatic ring is 1. The van der Waals surface area contributed by atoms with Gasteiger partial charge in [-0.15, -0.1) is 0 Å². The Bertz CT molecular complexity index is 662. The van der Waals surface area contributed by atoms with E-state index in [0.29, 0.717) is 15.7 Å². The minimum absolute atomic E-state index is 0.155. The number of benzene rings is 2. The Kier molecular flexibility index (Phi) is 4.34. The van der Waals surface area contributed by atoms with Crippen LogP contribution in [0.4, 0.5) is 14.5 Å². The number of hydrogen-bond acceptors (Lipinski definition) is 3. The molecule has 0 saturated heterocycles. The van der Waals surface area contributed by atoms with Crippen LogP contribution in [0.15, 0.2) is 40.9 Å². The molecule has 6 heteroatoms. The average Bonchev–Trinajstić information content (AvgIpc) is 2.43. The van der Waals surface area contributed by atoms with Crippen LogP contribution in [0, 0.1) is 11.6 Å². The van der Waals surface area contributed by atoms with Crippen molar-refractivity contribution in [1.29, 1.82) is 0 Å². The molecule has 2 rings (SSSR count). The van der Waals surface area contributed by atoms with Crippen LogP contribution in [0.2, 0.25) is 0 Å². The van der Waals surface area contributed by atoms with E-state index in [1.807, 2.05) is 0 Å². The van der Waals surface area contributed by atoms with Crippen molar-refractivity contribution < 1.29 is 18.3 Å². The number of esters is 1. The number of rotatable bonds is 3. The van der Waals surface area contributed by atoms with Crippen LogP contribution in [0.5, 0.6) is 0 Å². The summed E-state index contributed by atoms with van der Waals surface area (Å²) in [5.74, 6) is -2.53. The van der Waals surface area contributed by atoms with Gasteiger partial charge in [0.05, 0.1) is 10.0 Å². The first-order valence-electron chi connectivity index (χ1n) is 5.64. The molecule has 104 valence electrons. The molecule has 0 spiro atoms. The minimum Gasteiger partial charge on any atom is -0.457 e. The van der Waals surface area contributed by atoms with Crippen molar-refractivity contribution in [3.8, 4) is 0 Å². The second-order valence-corrected chi connectivity index (χ2v) is 4.83. The Hall–Kier alpha value is -1.95. The van der Waals surface area contributed by atoms with E-state index in [4.69, 9.17) is 10.5 Å². The lowest BCUT2D eigenvalue weighted by atomic mass is 10.2. The third kappa shape index (κ3) is 3.14. The highest BCUT2D eigenvalue weighted by Crippen LogP contribution is 2.24. The molecule has 0 saturated carbocycles. The van der Waals surface area contributed by atoms with Crippen LogP contribution in [0.25, 0.3) is 0 Å². The third-order valence-electron chi connectivity index (χ3n) is 2.60. The maximum Gasteiger partial charge on any atom is 0.339 e. The van der Waals surface area contributed by atoms with Crippen LogP contribution in [-0.4, -0.2) is 5.97 Å². The van der Waals surface area contributed by atoms with E-state index in [1.54, 1.807) is 18.2 Å². The highest BCUT2D eigenvalue weighted by atomic mass is 79.9. The van der Waals surface area contributed by atoms with Crippen LogP contribution in [0.3, 0.4) is 0 Å². The van der Waals surface area contributed by atoms with E-state index in [9.17, 15) is 13.6 Å². The second-order valence-electron chi connectivity index (χ2n) is 4.03. The molecule has 0 heterocycles. The Morgan fingerprint density at radius 1 is 1.20 bits per heavy atom. The molecule has 3 nitrogen and oxygen atoms in total. The molecule has 2 aromatic rings. The van der Waals surface area contributed by atoms with Gasteiger partial charge < -0.3 is 10.5 Å². The lowest BCUT2D eigenvalue weighted by molar-refractivity contribution is 0.0471. The van der Waals surface area contributed by atoms with Crippen molar-refractivity contribution in [1.82, 2.24) is 0 Å². The molecule has 20 heavy (non-hydrogen) atoms. The first-order valence-corrected chi connectivity index (χ1v) is 6.43. The fourth-order valence-electron chi connectivity index (χ4n) is 1.56. The van der Waals surface area contributed by atoms with E-state index < -0.39 is 17.6 Å². The SMILES string of the molecule is Nc1cccc(C(=O)OCc2ccc(F)c(F)c2)c1Br. The molecule has 0 amide bonds. The fourth-order valence-corrected chi connectivity index (χ4v) is 1.99. The van der Waals surface area contributed by atoms with Crippen molar-refractivity contribution in [2.24, 2.45) is 0 Å². The van der Waals surface area contributed by atoms with Gasteiger partial charge in [-0.05, 0) is 45.8 Å². The Morgan fingerprint density at radius 3 is 2.65 bits per heavy atom. The first kappa shape index (κ1) is 14.5. The summed E-state index contributed by atoms with van der Waals surface area (Å²) < 4.78 is 31.2. The maximum atomic E-state index is 13.0. The summed E-state index contributed by atoms with van der Waals surface area (Å²) in [5.41, 5.74) is 6.70. The average molecular weight is 342 g/mol. The minimum atomic E-state index is -0.983. The summed E-state index contributed by atoms with van der Waals surface area (Å²) in [5, 5.41) is 0. The molecule has 0 atom stereocenters. The molecular formula is C14H10BrF2NO2. The normalized spacial score (nSPS) is 10.3. The van der Waals surface area contributed by atoms with E-state index in [2.05, 4.69) is 15.9 Å². The topological polar surface area (TPSA) is 52.3 Å². The molecular weight excluding hydrogens is 332 g/mol. The number of ether oxygens (including phenoxy) is 1. The zero-order chi connectivity index (χ0) is 14.7. The molecule has 0 fully saturated rings. The molecule has 0 unspecified atom stereocenters. The van der Waals surface area contributed by atoms with Gasteiger partial charge in [0, 0.05) is 5.69 Å². The molecule has 0 aliphatic heterocycles. The number of hydrogen-bond donors (Lipinski definition) is 1. The van der Waals surface area contributed by atoms with Crippen LogP contribution in [0.1, 0.15) is 15.9 Å². The molecule has 0 aliphatic rings. The lowest BCUT2D eigenvalue weighted by Crippen LogP contribution is -2.07. The van der Waals surface area contributed by atoms with Crippen LogP contribution >= 0.6 is 15.9 Å². The first-order chi connectivity index (χ1) is 9.49. The quantitative estimate of drug-likeness (QED) is 0.684. The van der Waals surface area contributed by atoms with E-state index in [0.717, 1.165) is 12.1 Å². The van der Waals surface area contributed by atoms with E-state index in [1.165, 1.54) is 6.07 Å². The van der Waals surface area contributed by atoms with Crippen molar-refractivity contribution in [3.05, 3.63) is 63.6 Å². The van der Waals surface area contributed by atoms with Crippen molar-refractivity contribution in [3.63, 3.8) is 0 Å². The Balaban J connectivity index is 2.08. The fraction of sp³-hybridized carbons (Fsp3) is 0.0714. The smallest absolute Gasteiger partial charge is 0.339 e. The monoisotopic (exact) mass is 341 g/mol. The molecule has 0 aromatic heterocycles. The highest BCUT2D eigenvalue weighted by Gasteiger charge is 2.13.